The molecule has 0 spiro atoms. The molecule has 0 radical (unpaired) electrons. The highest BCUT2D eigenvalue weighted by atomic mass is 16.6. The Balaban J connectivity index is 2.19. The van der Waals surface area contributed by atoms with Gasteiger partial charge in [0.2, 0.25) is 5.82 Å². The minimum absolute atomic E-state index is 0.220. The van der Waals surface area contributed by atoms with Crippen molar-refractivity contribution in [1.82, 2.24) is 14.8 Å². The van der Waals surface area contributed by atoms with Crippen LogP contribution in [0.4, 0.5) is 0 Å². The number of carbonyl (C=O) groups excluding carboxylic acids is 1. The van der Waals surface area contributed by atoms with Crippen LogP contribution in [0, 0.1) is 0 Å². The van der Waals surface area contributed by atoms with E-state index in [2.05, 4.69) is 10.1 Å². The number of amides is 1. The number of primary amides is 1. The van der Waals surface area contributed by atoms with Crippen molar-refractivity contribution in [2.75, 3.05) is 6.61 Å². The van der Waals surface area contributed by atoms with Crippen molar-refractivity contribution in [2.45, 2.75) is 24.5 Å². The summed E-state index contributed by atoms with van der Waals surface area (Å²) in [6.07, 6.45) is -3.26. The van der Waals surface area contributed by atoms with Crippen LogP contribution in [0.3, 0.4) is 0 Å². The molecule has 0 aliphatic carbocycles. The molecule has 1 fully saturated rings. The van der Waals surface area contributed by atoms with Crippen molar-refractivity contribution in [1.29, 1.82) is 0 Å². The maximum Gasteiger partial charge on any atom is 0.288 e. The molecule has 0 aromatic carbocycles. The van der Waals surface area contributed by atoms with Crippen molar-refractivity contribution < 1.29 is 24.9 Å². The summed E-state index contributed by atoms with van der Waals surface area (Å²) in [6.45, 7) is -0.438. The Bertz CT molecular complexity index is 422. The summed E-state index contributed by atoms with van der Waals surface area (Å²) in [6, 6.07) is 0. The molecule has 1 aromatic heterocycles. The van der Waals surface area contributed by atoms with Crippen molar-refractivity contribution in [3.8, 4) is 0 Å². The summed E-state index contributed by atoms with van der Waals surface area (Å²) >= 11 is 0. The van der Waals surface area contributed by atoms with Crippen molar-refractivity contribution in [3.63, 3.8) is 0 Å². The van der Waals surface area contributed by atoms with Gasteiger partial charge < -0.3 is 25.8 Å². The second kappa shape index (κ2) is 4.37. The number of nitrogens with zero attached hydrogens (tertiary/aromatic N) is 3. The topological polar surface area (TPSA) is 144 Å². The molecule has 0 bridgehead atoms. The first-order valence-electron chi connectivity index (χ1n) is 4.88. The van der Waals surface area contributed by atoms with Gasteiger partial charge in [0.05, 0.1) is 6.61 Å². The largest absolute Gasteiger partial charge is 0.394 e. The molecular weight excluding hydrogens is 232 g/mol. The van der Waals surface area contributed by atoms with Crippen molar-refractivity contribution in [2.24, 2.45) is 5.73 Å². The number of hydrogen-bond donors (Lipinski definition) is 4. The second-order valence-corrected chi connectivity index (χ2v) is 3.64. The fourth-order valence-electron chi connectivity index (χ4n) is 1.61. The molecule has 94 valence electrons. The lowest BCUT2D eigenvalue weighted by molar-refractivity contribution is -0.0588. The third-order valence-corrected chi connectivity index (χ3v) is 2.51. The molecule has 1 aliphatic heterocycles. The van der Waals surface area contributed by atoms with Crippen LogP contribution in [0.15, 0.2) is 6.33 Å². The van der Waals surface area contributed by atoms with Gasteiger partial charge in [0.1, 0.15) is 24.6 Å². The van der Waals surface area contributed by atoms with Crippen LogP contribution in [-0.2, 0) is 4.74 Å². The smallest absolute Gasteiger partial charge is 0.288 e. The third kappa shape index (κ3) is 2.00. The SMILES string of the molecule is NC(=O)c1ncn([C@@H]2O[C@H](CO)C(O)C2O)n1. The molecule has 1 amide bonds. The van der Waals surface area contributed by atoms with E-state index in [4.69, 9.17) is 15.6 Å². The van der Waals surface area contributed by atoms with Crippen LogP contribution in [0.25, 0.3) is 0 Å². The number of aromatic nitrogens is 3. The van der Waals surface area contributed by atoms with Gasteiger partial charge in [-0.1, -0.05) is 0 Å². The quantitative estimate of drug-likeness (QED) is 0.443. The lowest BCUT2D eigenvalue weighted by Gasteiger charge is -2.13. The summed E-state index contributed by atoms with van der Waals surface area (Å²) < 4.78 is 6.25. The number of aliphatic hydroxyl groups is 3. The Morgan fingerprint density at radius 2 is 2.24 bits per heavy atom. The fourth-order valence-corrected chi connectivity index (χ4v) is 1.61. The number of rotatable bonds is 3. The lowest BCUT2D eigenvalue weighted by atomic mass is 10.1. The number of ether oxygens (including phenoxy) is 1. The Labute approximate surface area is 95.4 Å². The standard InChI is InChI=1S/C8H12N4O5/c9-6(16)7-10-2-12(11-7)8-5(15)4(14)3(1-13)17-8/h2-5,8,13-15H,1H2,(H2,9,16)/t3-,4?,5?,8-/m1/s1. The molecule has 4 atom stereocenters. The molecule has 1 saturated heterocycles. The van der Waals surface area contributed by atoms with Gasteiger partial charge >= 0.3 is 0 Å². The highest BCUT2D eigenvalue weighted by Crippen LogP contribution is 2.28. The number of hydrogen-bond acceptors (Lipinski definition) is 7. The van der Waals surface area contributed by atoms with Gasteiger partial charge in [-0.25, -0.2) is 9.67 Å². The fraction of sp³-hybridized carbons (Fsp3) is 0.625. The van der Waals surface area contributed by atoms with E-state index in [0.717, 1.165) is 11.0 Å². The van der Waals surface area contributed by atoms with E-state index < -0.39 is 37.1 Å². The van der Waals surface area contributed by atoms with E-state index in [1.807, 2.05) is 0 Å². The summed E-state index contributed by atoms with van der Waals surface area (Å²) in [7, 11) is 0. The Kier molecular flexibility index (Phi) is 3.07. The minimum Gasteiger partial charge on any atom is -0.394 e. The van der Waals surface area contributed by atoms with Gasteiger partial charge in [0, 0.05) is 0 Å². The van der Waals surface area contributed by atoms with E-state index >= 15 is 0 Å². The minimum atomic E-state index is -1.27. The van der Waals surface area contributed by atoms with Crippen molar-refractivity contribution in [3.05, 3.63) is 12.2 Å². The predicted octanol–water partition coefficient (Wildman–Crippen LogP) is -3.01. The first-order valence-corrected chi connectivity index (χ1v) is 4.88. The third-order valence-electron chi connectivity index (χ3n) is 2.51. The molecule has 5 N–H and O–H groups in total. The van der Waals surface area contributed by atoms with E-state index in [1.54, 1.807) is 0 Å². The van der Waals surface area contributed by atoms with Crippen molar-refractivity contribution >= 4 is 5.91 Å². The van der Waals surface area contributed by atoms with E-state index in [1.165, 1.54) is 0 Å². The number of nitrogens with two attached hydrogens (primary N) is 1. The molecule has 2 rings (SSSR count). The van der Waals surface area contributed by atoms with Gasteiger partial charge in [-0.3, -0.25) is 4.79 Å². The van der Waals surface area contributed by atoms with Crippen LogP contribution < -0.4 is 5.73 Å². The molecule has 17 heavy (non-hydrogen) atoms. The maximum atomic E-state index is 10.8. The lowest BCUT2D eigenvalue weighted by Crippen LogP contribution is -2.33. The summed E-state index contributed by atoms with van der Waals surface area (Å²) in [5, 5.41) is 31.8. The average Bonchev–Trinajstić information content (AvgIpc) is 2.87. The molecule has 2 heterocycles. The predicted molar refractivity (Wildman–Crippen MR) is 51.5 cm³/mol. The number of aliphatic hydroxyl groups excluding tert-OH is 3. The van der Waals surface area contributed by atoms with Crippen LogP contribution in [0.5, 0.6) is 0 Å². The summed E-state index contributed by atoms with van der Waals surface area (Å²) in [5.74, 6) is -1.03. The normalized spacial score (nSPS) is 32.9. The summed E-state index contributed by atoms with van der Waals surface area (Å²) in [5.41, 5.74) is 4.97. The van der Waals surface area contributed by atoms with E-state index in [0.29, 0.717) is 0 Å². The Morgan fingerprint density at radius 1 is 1.53 bits per heavy atom. The monoisotopic (exact) mass is 244 g/mol. The number of carbonyl (C=O) groups is 1. The second-order valence-electron chi connectivity index (χ2n) is 3.64. The molecule has 2 unspecified atom stereocenters. The van der Waals surface area contributed by atoms with Gasteiger partial charge in [-0.05, 0) is 0 Å². The van der Waals surface area contributed by atoms with Gasteiger partial charge in [-0.2, -0.15) is 0 Å². The molecule has 1 aliphatic rings. The molecule has 0 saturated carbocycles. The zero-order valence-corrected chi connectivity index (χ0v) is 8.67. The van der Waals surface area contributed by atoms with Gasteiger partial charge in [0.15, 0.2) is 6.23 Å². The summed E-state index contributed by atoms with van der Waals surface area (Å²) in [4.78, 5) is 14.4. The molecule has 9 heteroatoms. The van der Waals surface area contributed by atoms with E-state index in [-0.39, 0.29) is 5.82 Å². The average molecular weight is 244 g/mol. The van der Waals surface area contributed by atoms with Crippen LogP contribution >= 0.6 is 0 Å². The highest BCUT2D eigenvalue weighted by molar-refractivity contribution is 5.88. The maximum absolute atomic E-state index is 10.8. The Hall–Kier alpha value is -1.55. The first-order chi connectivity index (χ1) is 8.04. The van der Waals surface area contributed by atoms with Crippen LogP contribution in [-0.4, -0.2) is 60.9 Å². The highest BCUT2D eigenvalue weighted by Gasteiger charge is 2.43. The van der Waals surface area contributed by atoms with E-state index in [9.17, 15) is 15.0 Å². The molecule has 1 aromatic rings. The van der Waals surface area contributed by atoms with Gasteiger partial charge in [0.25, 0.3) is 5.91 Å². The zero-order chi connectivity index (χ0) is 12.6. The zero-order valence-electron chi connectivity index (χ0n) is 8.67. The molecule has 9 nitrogen and oxygen atoms in total. The van der Waals surface area contributed by atoms with Crippen LogP contribution in [0.2, 0.25) is 0 Å². The van der Waals surface area contributed by atoms with Crippen LogP contribution in [0.1, 0.15) is 16.8 Å². The van der Waals surface area contributed by atoms with Gasteiger partial charge in [-0.15, -0.1) is 5.10 Å². The first kappa shape index (κ1) is 11.9. The molecular formula is C8H12N4O5. The Morgan fingerprint density at radius 3 is 2.71 bits per heavy atom.